The van der Waals surface area contributed by atoms with E-state index in [0.717, 1.165) is 22.9 Å². The van der Waals surface area contributed by atoms with Gasteiger partial charge in [-0.05, 0) is 29.9 Å². The number of aryl methyl sites for hydroxylation is 1. The first-order valence-electron chi connectivity index (χ1n) is 6.63. The Bertz CT molecular complexity index is 533. The van der Waals surface area contributed by atoms with Crippen LogP contribution in [0, 0.1) is 0 Å². The topological polar surface area (TPSA) is 43.8 Å². The van der Waals surface area contributed by atoms with Gasteiger partial charge in [0.05, 0.1) is 6.20 Å². The highest BCUT2D eigenvalue weighted by Crippen LogP contribution is 2.35. The Kier molecular flexibility index (Phi) is 2.82. The summed E-state index contributed by atoms with van der Waals surface area (Å²) in [6.07, 6.45) is 7.27. The summed E-state index contributed by atoms with van der Waals surface area (Å²) in [7, 11) is 1.87. The second-order valence-corrected chi connectivity index (χ2v) is 5.17. The average Bonchev–Trinajstić information content (AvgIpc) is 3.02. The molecule has 1 heterocycles. The van der Waals surface area contributed by atoms with Gasteiger partial charge in [0.25, 0.3) is 0 Å². The van der Waals surface area contributed by atoms with E-state index in [1.807, 2.05) is 13.2 Å². The largest absolute Gasteiger partial charge is 0.383 e. The molecule has 1 aromatic heterocycles. The highest BCUT2D eigenvalue weighted by atomic mass is 15.3. The number of rotatable bonds is 2. The summed E-state index contributed by atoms with van der Waals surface area (Å²) in [5, 5.41) is 4.18. The minimum Gasteiger partial charge on any atom is -0.383 e. The van der Waals surface area contributed by atoms with Crippen molar-refractivity contribution in [3.05, 3.63) is 36.0 Å². The van der Waals surface area contributed by atoms with Gasteiger partial charge in [0.15, 0.2) is 0 Å². The Morgan fingerprint density at radius 3 is 2.39 bits per heavy atom. The molecule has 0 aliphatic heterocycles. The molecular weight excluding hydrogens is 222 g/mol. The molecule has 2 N–H and O–H groups in total. The monoisotopic (exact) mass is 241 g/mol. The standard InChI is InChI=1S/C15H19N3/c1-18-15(16)14(10-17-18)13-8-6-12(7-9-13)11-4-2-3-5-11/h6-11H,2-5,16H2,1H3. The summed E-state index contributed by atoms with van der Waals surface area (Å²) in [5.74, 6) is 1.49. The van der Waals surface area contributed by atoms with Crippen LogP contribution < -0.4 is 5.73 Å². The van der Waals surface area contributed by atoms with Crippen LogP contribution in [0.15, 0.2) is 30.5 Å². The van der Waals surface area contributed by atoms with Gasteiger partial charge in [0.2, 0.25) is 0 Å². The first-order valence-corrected chi connectivity index (χ1v) is 6.63. The molecule has 1 fully saturated rings. The molecule has 18 heavy (non-hydrogen) atoms. The second-order valence-electron chi connectivity index (χ2n) is 5.17. The van der Waals surface area contributed by atoms with Gasteiger partial charge in [-0.1, -0.05) is 37.1 Å². The molecule has 1 aromatic carbocycles. The fraction of sp³-hybridized carbons (Fsp3) is 0.400. The summed E-state index contributed by atoms with van der Waals surface area (Å²) < 4.78 is 1.71. The second kappa shape index (κ2) is 4.48. The fourth-order valence-electron chi connectivity index (χ4n) is 2.86. The van der Waals surface area contributed by atoms with E-state index in [1.54, 1.807) is 4.68 Å². The van der Waals surface area contributed by atoms with E-state index in [9.17, 15) is 0 Å². The number of nitrogens with two attached hydrogens (primary N) is 1. The van der Waals surface area contributed by atoms with E-state index >= 15 is 0 Å². The van der Waals surface area contributed by atoms with Gasteiger partial charge >= 0.3 is 0 Å². The van der Waals surface area contributed by atoms with Gasteiger partial charge < -0.3 is 5.73 Å². The lowest BCUT2D eigenvalue weighted by atomic mass is 9.96. The van der Waals surface area contributed by atoms with Gasteiger partial charge in [-0.15, -0.1) is 0 Å². The van der Waals surface area contributed by atoms with E-state index in [2.05, 4.69) is 29.4 Å². The predicted octanol–water partition coefficient (Wildman–Crippen LogP) is 3.33. The van der Waals surface area contributed by atoms with Gasteiger partial charge in [0, 0.05) is 12.6 Å². The molecule has 3 heteroatoms. The van der Waals surface area contributed by atoms with E-state index in [0.29, 0.717) is 0 Å². The number of hydrogen-bond donors (Lipinski definition) is 1. The van der Waals surface area contributed by atoms with E-state index < -0.39 is 0 Å². The van der Waals surface area contributed by atoms with Crippen molar-refractivity contribution in [2.75, 3.05) is 5.73 Å². The van der Waals surface area contributed by atoms with E-state index in [4.69, 9.17) is 5.73 Å². The van der Waals surface area contributed by atoms with Crippen molar-refractivity contribution in [3.8, 4) is 11.1 Å². The zero-order valence-electron chi connectivity index (χ0n) is 10.8. The molecular formula is C15H19N3. The van der Waals surface area contributed by atoms with Crippen LogP contribution in [0.5, 0.6) is 0 Å². The van der Waals surface area contributed by atoms with Crippen LogP contribution in [0.3, 0.4) is 0 Å². The number of benzene rings is 1. The van der Waals surface area contributed by atoms with Gasteiger partial charge in [0.1, 0.15) is 5.82 Å². The minimum atomic E-state index is 0.726. The molecule has 0 unspecified atom stereocenters. The number of nitrogen functional groups attached to an aromatic ring is 1. The fourth-order valence-corrected chi connectivity index (χ4v) is 2.86. The third-order valence-electron chi connectivity index (χ3n) is 4.03. The van der Waals surface area contributed by atoms with Crippen molar-refractivity contribution >= 4 is 5.82 Å². The number of nitrogens with zero attached hydrogens (tertiary/aromatic N) is 2. The molecule has 0 radical (unpaired) electrons. The molecule has 0 saturated heterocycles. The van der Waals surface area contributed by atoms with Crippen molar-refractivity contribution in [1.82, 2.24) is 9.78 Å². The quantitative estimate of drug-likeness (QED) is 0.876. The van der Waals surface area contributed by atoms with Crippen molar-refractivity contribution in [2.45, 2.75) is 31.6 Å². The maximum Gasteiger partial charge on any atom is 0.129 e. The van der Waals surface area contributed by atoms with Crippen molar-refractivity contribution in [2.24, 2.45) is 7.05 Å². The highest BCUT2D eigenvalue weighted by Gasteiger charge is 2.17. The average molecular weight is 241 g/mol. The normalized spacial score (nSPS) is 16.3. The zero-order chi connectivity index (χ0) is 12.5. The lowest BCUT2D eigenvalue weighted by molar-refractivity contribution is 0.723. The highest BCUT2D eigenvalue weighted by molar-refractivity contribution is 5.73. The summed E-state index contributed by atoms with van der Waals surface area (Å²) in [5.41, 5.74) is 9.64. The maximum atomic E-state index is 6.00. The Balaban J connectivity index is 1.88. The summed E-state index contributed by atoms with van der Waals surface area (Å²) >= 11 is 0. The van der Waals surface area contributed by atoms with Crippen LogP contribution in [0.25, 0.3) is 11.1 Å². The first kappa shape index (κ1) is 11.3. The summed E-state index contributed by atoms with van der Waals surface area (Å²) in [6.45, 7) is 0. The maximum absolute atomic E-state index is 6.00. The third-order valence-corrected chi connectivity index (χ3v) is 4.03. The van der Waals surface area contributed by atoms with Crippen LogP contribution in [0.4, 0.5) is 5.82 Å². The molecule has 94 valence electrons. The third kappa shape index (κ3) is 1.90. The molecule has 2 aromatic rings. The smallest absolute Gasteiger partial charge is 0.129 e. The summed E-state index contributed by atoms with van der Waals surface area (Å²) in [4.78, 5) is 0. The predicted molar refractivity (Wildman–Crippen MR) is 74.3 cm³/mol. The molecule has 1 aliphatic rings. The molecule has 0 amide bonds. The molecule has 1 aliphatic carbocycles. The molecule has 3 rings (SSSR count). The Morgan fingerprint density at radius 2 is 1.83 bits per heavy atom. The molecule has 0 atom stereocenters. The number of aromatic nitrogens is 2. The molecule has 0 spiro atoms. The molecule has 1 saturated carbocycles. The Labute approximate surface area is 108 Å². The van der Waals surface area contributed by atoms with Crippen LogP contribution >= 0.6 is 0 Å². The van der Waals surface area contributed by atoms with Crippen molar-refractivity contribution in [1.29, 1.82) is 0 Å². The van der Waals surface area contributed by atoms with E-state index in [1.165, 1.54) is 31.2 Å². The minimum absolute atomic E-state index is 0.726. The number of hydrogen-bond acceptors (Lipinski definition) is 2. The zero-order valence-corrected chi connectivity index (χ0v) is 10.8. The van der Waals surface area contributed by atoms with Crippen LogP contribution in [0.2, 0.25) is 0 Å². The molecule has 3 nitrogen and oxygen atoms in total. The first-order chi connectivity index (χ1) is 8.75. The Hall–Kier alpha value is -1.77. The molecule has 0 bridgehead atoms. The number of anilines is 1. The van der Waals surface area contributed by atoms with E-state index in [-0.39, 0.29) is 0 Å². The van der Waals surface area contributed by atoms with Gasteiger partial charge in [-0.3, -0.25) is 4.68 Å². The summed E-state index contributed by atoms with van der Waals surface area (Å²) in [6, 6.07) is 8.83. The van der Waals surface area contributed by atoms with Crippen LogP contribution in [-0.4, -0.2) is 9.78 Å². The van der Waals surface area contributed by atoms with Crippen LogP contribution in [-0.2, 0) is 7.05 Å². The lowest BCUT2D eigenvalue weighted by Crippen LogP contribution is -1.98. The van der Waals surface area contributed by atoms with Gasteiger partial charge in [-0.2, -0.15) is 5.10 Å². The van der Waals surface area contributed by atoms with Crippen LogP contribution in [0.1, 0.15) is 37.2 Å². The Morgan fingerprint density at radius 1 is 1.17 bits per heavy atom. The van der Waals surface area contributed by atoms with Gasteiger partial charge in [-0.25, -0.2) is 0 Å². The van der Waals surface area contributed by atoms with Crippen molar-refractivity contribution < 1.29 is 0 Å². The lowest BCUT2D eigenvalue weighted by Gasteiger charge is -2.10. The SMILES string of the molecule is Cn1ncc(-c2ccc(C3CCCC3)cc2)c1N. The van der Waals surface area contributed by atoms with Crippen molar-refractivity contribution in [3.63, 3.8) is 0 Å².